The molecule has 126 valence electrons. The Morgan fingerprint density at radius 1 is 0.818 bits per heavy atom. The third-order valence-corrected chi connectivity index (χ3v) is 1.16. The Balaban J connectivity index is -0.0000000335. The first kappa shape index (κ1) is 42.9. The number of halogens is 1. The van der Waals surface area contributed by atoms with Gasteiger partial charge in [-0.15, -0.1) is 0 Å². The van der Waals surface area contributed by atoms with Crippen LogP contribution in [0.5, 0.6) is 0 Å². The van der Waals surface area contributed by atoms with Crippen LogP contribution in [-0.4, -0.2) is 36.4 Å². The van der Waals surface area contributed by atoms with Gasteiger partial charge in [-0.1, -0.05) is 0 Å². The molecular formula is C12H21ClDb2O7-4. The van der Waals surface area contributed by atoms with Crippen LogP contribution >= 0.6 is 11.6 Å². The number of hydrogen-bond acceptors (Lipinski definition) is 7. The van der Waals surface area contributed by atoms with Crippen LogP contribution in [0.4, 0.5) is 0 Å². The van der Waals surface area contributed by atoms with Gasteiger partial charge in [-0.25, -0.2) is 14.4 Å². The van der Waals surface area contributed by atoms with Crippen LogP contribution in [0.1, 0.15) is 13.8 Å². The van der Waals surface area contributed by atoms with Crippen LogP contribution in [-0.2, 0) is 33.4 Å². The molecule has 0 saturated heterocycles. The van der Waals surface area contributed by atoms with Gasteiger partial charge in [0.05, 0.1) is 13.2 Å². The van der Waals surface area contributed by atoms with Crippen molar-refractivity contribution in [3.05, 3.63) is 29.4 Å². The zero-order chi connectivity index (χ0) is 13.8. The van der Waals surface area contributed by atoms with Crippen LogP contribution in [0.2, 0.25) is 0 Å². The third-order valence-electron chi connectivity index (χ3n) is 1.01. The molecule has 0 fully saturated rings. The summed E-state index contributed by atoms with van der Waals surface area (Å²) >= 11 is 4.69. The molecule has 0 bridgehead atoms. The van der Waals surface area contributed by atoms with E-state index in [-0.39, 0.29) is 35.5 Å². The molecule has 0 saturated carbocycles. The molecule has 0 aliphatic heterocycles. The number of hydrogen-bond donors (Lipinski definition) is 0. The zero-order valence-electron chi connectivity index (χ0n) is 13.8. The van der Waals surface area contributed by atoms with Crippen molar-refractivity contribution in [1.29, 1.82) is 0 Å². The SMILES string of the molecule is CCOC(=O)C(=O)Cl.[CH2-]OC(=O)C(=O)OCC.[CH3-].[CH3-].[CH3-].[Db].[Db]. The second kappa shape index (κ2) is 26.0. The first-order chi connectivity index (χ1) is 7.90. The van der Waals surface area contributed by atoms with Crippen molar-refractivity contribution in [2.75, 3.05) is 13.2 Å². The molecular weight excluding hydrogens is 828 g/mol. The summed E-state index contributed by atoms with van der Waals surface area (Å²) in [5.41, 5.74) is 0. The van der Waals surface area contributed by atoms with E-state index in [1.807, 2.05) is 0 Å². The van der Waals surface area contributed by atoms with Gasteiger partial charge in [-0.05, 0) is 25.4 Å². The largest absolute Gasteiger partial charge is 0.632 e. The van der Waals surface area contributed by atoms with E-state index in [0.29, 0.717) is 0 Å². The molecule has 0 aromatic carbocycles. The molecule has 0 amide bonds. The molecule has 0 rings (SSSR count). The number of carbonyl (C=O) groups is 4. The molecule has 0 unspecified atom stereocenters. The van der Waals surface area contributed by atoms with Crippen LogP contribution in [0, 0.1) is 29.4 Å². The summed E-state index contributed by atoms with van der Waals surface area (Å²) in [7, 11) is 2.74. The fourth-order valence-corrected chi connectivity index (χ4v) is 0.491. The Labute approximate surface area is 125 Å². The van der Waals surface area contributed by atoms with Crippen LogP contribution in [0.3, 0.4) is 0 Å². The number of ether oxygens (including phenoxy) is 3. The van der Waals surface area contributed by atoms with Gasteiger partial charge < -0.3 is 36.5 Å². The smallest absolute Gasteiger partial charge is 0.414 e. The van der Waals surface area contributed by atoms with E-state index >= 15 is 0 Å². The van der Waals surface area contributed by atoms with E-state index in [0.717, 1.165) is 0 Å². The maximum absolute atomic E-state index is 10.2. The van der Waals surface area contributed by atoms with Gasteiger partial charge in [0, 0.05) is 0 Å². The van der Waals surface area contributed by atoms with Gasteiger partial charge in [0.25, 0.3) is 0 Å². The molecule has 10 heteroatoms. The van der Waals surface area contributed by atoms with E-state index in [9.17, 15) is 19.2 Å². The average molecular weight is 849 g/mol. The van der Waals surface area contributed by atoms with Crippen molar-refractivity contribution >= 4 is 34.8 Å². The Morgan fingerprint density at radius 2 is 1.14 bits per heavy atom. The summed E-state index contributed by atoms with van der Waals surface area (Å²) in [6, 6.07) is 0. The molecule has 0 atom stereocenters. The summed E-state index contributed by atoms with van der Waals surface area (Å²) < 4.78 is 12.2. The van der Waals surface area contributed by atoms with Crippen LogP contribution in [0.15, 0.2) is 0 Å². The second-order valence-corrected chi connectivity index (χ2v) is 2.49. The molecule has 0 aliphatic rings. The van der Waals surface area contributed by atoms with Crippen molar-refractivity contribution < 1.29 is 33.4 Å². The molecule has 0 N–H and O–H groups in total. The quantitative estimate of drug-likeness (QED) is 0.140. The molecule has 22 heavy (non-hydrogen) atoms. The standard InChI is InChI=1S/C5H7O4.C4H5ClO3.3CH3.2Db/c1-3-9-5(7)4(6)8-2;1-2-8-4(7)3(5)6;;;;;/h2-3H2,1H3;2H2,1H3;3*1H3;;/q-1;;3*-1;;. The summed E-state index contributed by atoms with van der Waals surface area (Å²) in [4.78, 5) is 40.2. The predicted octanol–water partition coefficient (Wildman–Crippen LogP) is 1.55. The maximum Gasteiger partial charge on any atom is 0.414 e. The third kappa shape index (κ3) is 25.3. The maximum atomic E-state index is 10.2. The van der Waals surface area contributed by atoms with Crippen molar-refractivity contribution in [2.45, 2.75) is 13.8 Å². The van der Waals surface area contributed by atoms with Gasteiger partial charge in [-0.3, -0.25) is 4.79 Å². The van der Waals surface area contributed by atoms with E-state index < -0.39 is 23.2 Å². The number of esters is 3. The first-order valence-electron chi connectivity index (χ1n) is 4.40. The minimum absolute atomic E-state index is 0. The molecule has 0 aromatic rings. The molecule has 0 aromatic heterocycles. The fourth-order valence-electron chi connectivity index (χ4n) is 0.437. The van der Waals surface area contributed by atoms with Crippen LogP contribution < -0.4 is 0 Å². The minimum Gasteiger partial charge on any atom is -0.632 e. The van der Waals surface area contributed by atoms with Crippen molar-refractivity contribution in [3.8, 4) is 0 Å². The van der Waals surface area contributed by atoms with E-state index in [4.69, 9.17) is 11.6 Å². The Bertz CT molecular complexity index is 299. The monoisotopic (exact) mass is 848 g/mol. The molecule has 0 spiro atoms. The van der Waals surface area contributed by atoms with Gasteiger partial charge in [0.1, 0.15) is 0 Å². The zero-order valence-corrected chi connectivity index (χ0v) is 27.4. The number of rotatable bonds is 3. The van der Waals surface area contributed by atoms with Crippen molar-refractivity contribution in [2.24, 2.45) is 0 Å². The summed E-state index contributed by atoms with van der Waals surface area (Å²) in [5.74, 6) is -3.07. The summed E-state index contributed by atoms with van der Waals surface area (Å²) in [5, 5.41) is -1.08. The van der Waals surface area contributed by atoms with Crippen molar-refractivity contribution in [1.82, 2.24) is 0 Å². The predicted molar refractivity (Wildman–Crippen MR) is 74.8 cm³/mol. The van der Waals surface area contributed by atoms with Gasteiger partial charge in [-0.2, -0.15) is 7.11 Å². The summed E-state index contributed by atoms with van der Waals surface area (Å²) in [6.45, 7) is 3.53. The van der Waals surface area contributed by atoms with Crippen LogP contribution in [0.25, 0.3) is 0 Å². The summed E-state index contributed by atoms with van der Waals surface area (Å²) in [6.07, 6.45) is 0. The minimum atomic E-state index is -1.08. The average Bonchev–Trinajstić information content (AvgIpc) is 2.29. The fraction of sp³-hybridized carbons (Fsp3) is 0.333. The Hall–Kier alpha value is -3.63. The van der Waals surface area contributed by atoms with Gasteiger partial charge in [0.15, 0.2) is 0 Å². The molecule has 0 heterocycles. The molecule has 7 nitrogen and oxygen atoms in total. The van der Waals surface area contributed by atoms with E-state index in [2.05, 4.69) is 21.3 Å². The van der Waals surface area contributed by atoms with Gasteiger partial charge >= 0.3 is 23.2 Å². The number of carbonyl (C=O) groups excluding carboxylic acids is 4. The topological polar surface area (TPSA) is 96.0 Å². The first-order valence-corrected chi connectivity index (χ1v) is 4.78. The van der Waals surface area contributed by atoms with Gasteiger partial charge in [0.2, 0.25) is 0 Å². The van der Waals surface area contributed by atoms with E-state index in [1.165, 1.54) is 0 Å². The van der Waals surface area contributed by atoms with E-state index in [1.54, 1.807) is 13.8 Å². The Morgan fingerprint density at radius 3 is 1.32 bits per heavy atom. The van der Waals surface area contributed by atoms with Crippen molar-refractivity contribution in [3.63, 3.8) is 0 Å². The second-order valence-electron chi connectivity index (χ2n) is 2.15. The normalized spacial score (nSPS) is 6.36. The molecule has 0 radical (unpaired) electrons. The Kier molecular flexibility index (Phi) is 50.7. The molecule has 0 aliphatic carbocycles.